The predicted molar refractivity (Wildman–Crippen MR) is 82.8 cm³/mol. The summed E-state index contributed by atoms with van der Waals surface area (Å²) in [5.74, 6) is 0.671. The van der Waals surface area contributed by atoms with Crippen molar-refractivity contribution in [3.05, 3.63) is 52.5 Å². The van der Waals surface area contributed by atoms with Crippen LogP contribution in [0, 0.1) is 6.92 Å². The van der Waals surface area contributed by atoms with E-state index in [1.807, 2.05) is 44.2 Å². The Morgan fingerprint density at radius 2 is 2.05 bits per heavy atom. The van der Waals surface area contributed by atoms with Crippen LogP contribution in [0.5, 0.6) is 11.5 Å². The molecule has 3 nitrogen and oxygen atoms in total. The van der Waals surface area contributed by atoms with Crippen molar-refractivity contribution in [1.82, 2.24) is 0 Å². The molecule has 0 heterocycles. The van der Waals surface area contributed by atoms with Gasteiger partial charge in [-0.3, -0.25) is 0 Å². The van der Waals surface area contributed by atoms with Gasteiger partial charge < -0.3 is 15.2 Å². The SMILES string of the molecule is CCOc1cc(CNc2cccc(Cl)c2C)ccc1O. The quantitative estimate of drug-likeness (QED) is 0.860. The van der Waals surface area contributed by atoms with Crippen molar-refractivity contribution in [3.8, 4) is 11.5 Å². The van der Waals surface area contributed by atoms with Crippen LogP contribution in [0.25, 0.3) is 0 Å². The number of aromatic hydroxyl groups is 1. The van der Waals surface area contributed by atoms with E-state index in [1.54, 1.807) is 6.07 Å². The number of hydrogen-bond donors (Lipinski definition) is 2. The van der Waals surface area contributed by atoms with Gasteiger partial charge in [-0.2, -0.15) is 0 Å². The summed E-state index contributed by atoms with van der Waals surface area (Å²) in [5, 5.41) is 13.8. The maximum Gasteiger partial charge on any atom is 0.161 e. The Morgan fingerprint density at radius 1 is 1.25 bits per heavy atom. The maximum atomic E-state index is 9.67. The molecule has 0 aliphatic rings. The van der Waals surface area contributed by atoms with E-state index >= 15 is 0 Å². The summed E-state index contributed by atoms with van der Waals surface area (Å²) in [7, 11) is 0. The number of rotatable bonds is 5. The zero-order chi connectivity index (χ0) is 14.5. The Balaban J connectivity index is 2.11. The second kappa shape index (κ2) is 6.53. The average Bonchev–Trinajstić information content (AvgIpc) is 2.44. The third-order valence-electron chi connectivity index (χ3n) is 3.07. The number of benzene rings is 2. The van der Waals surface area contributed by atoms with Crippen molar-refractivity contribution in [1.29, 1.82) is 0 Å². The van der Waals surface area contributed by atoms with Gasteiger partial charge in [0.25, 0.3) is 0 Å². The molecule has 0 aliphatic carbocycles. The van der Waals surface area contributed by atoms with Crippen LogP contribution in [-0.2, 0) is 6.54 Å². The molecule has 0 atom stereocenters. The van der Waals surface area contributed by atoms with Crippen molar-refractivity contribution in [3.63, 3.8) is 0 Å². The molecule has 0 radical (unpaired) electrons. The molecule has 0 amide bonds. The Labute approximate surface area is 124 Å². The summed E-state index contributed by atoms with van der Waals surface area (Å²) in [6.07, 6.45) is 0. The lowest BCUT2D eigenvalue weighted by Crippen LogP contribution is -2.02. The molecule has 0 saturated heterocycles. The lowest BCUT2D eigenvalue weighted by molar-refractivity contribution is 0.318. The molecule has 4 heteroatoms. The van der Waals surface area contributed by atoms with E-state index in [-0.39, 0.29) is 5.75 Å². The van der Waals surface area contributed by atoms with Crippen LogP contribution in [0.15, 0.2) is 36.4 Å². The first-order chi connectivity index (χ1) is 9.61. The van der Waals surface area contributed by atoms with Gasteiger partial charge in [-0.15, -0.1) is 0 Å². The molecule has 20 heavy (non-hydrogen) atoms. The average molecular weight is 292 g/mol. The van der Waals surface area contributed by atoms with Crippen molar-refractivity contribution >= 4 is 17.3 Å². The topological polar surface area (TPSA) is 41.5 Å². The molecule has 2 aromatic carbocycles. The summed E-state index contributed by atoms with van der Waals surface area (Å²) < 4.78 is 5.37. The second-order valence-electron chi connectivity index (χ2n) is 4.50. The molecule has 0 aliphatic heterocycles. The number of nitrogens with one attached hydrogen (secondary N) is 1. The van der Waals surface area contributed by atoms with Gasteiger partial charge in [0.15, 0.2) is 11.5 Å². The number of anilines is 1. The highest BCUT2D eigenvalue weighted by atomic mass is 35.5. The van der Waals surface area contributed by atoms with Crippen LogP contribution >= 0.6 is 11.6 Å². The van der Waals surface area contributed by atoms with E-state index in [1.165, 1.54) is 0 Å². The predicted octanol–water partition coefficient (Wildman–Crippen LogP) is 4.36. The Bertz CT molecular complexity index is 599. The molecule has 106 valence electrons. The fraction of sp³-hybridized carbons (Fsp3) is 0.250. The Morgan fingerprint density at radius 3 is 2.80 bits per heavy atom. The summed E-state index contributed by atoms with van der Waals surface area (Å²) in [6.45, 7) is 5.03. The summed E-state index contributed by atoms with van der Waals surface area (Å²) in [5.41, 5.74) is 3.06. The molecular formula is C16H18ClNO2. The van der Waals surface area contributed by atoms with Gasteiger partial charge >= 0.3 is 0 Å². The van der Waals surface area contributed by atoms with Gasteiger partial charge in [0.05, 0.1) is 6.61 Å². The Hall–Kier alpha value is -1.87. The van der Waals surface area contributed by atoms with Gasteiger partial charge in [-0.1, -0.05) is 23.7 Å². The Kier molecular flexibility index (Phi) is 4.74. The maximum absolute atomic E-state index is 9.67. The van der Waals surface area contributed by atoms with Gasteiger partial charge in [0.1, 0.15) is 0 Å². The number of ether oxygens (including phenoxy) is 1. The van der Waals surface area contributed by atoms with Crippen molar-refractivity contribution in [2.24, 2.45) is 0 Å². The van der Waals surface area contributed by atoms with Crippen LogP contribution in [0.1, 0.15) is 18.1 Å². The molecule has 0 bridgehead atoms. The lowest BCUT2D eigenvalue weighted by atomic mass is 10.1. The highest BCUT2D eigenvalue weighted by Crippen LogP contribution is 2.28. The molecule has 2 N–H and O–H groups in total. The molecule has 2 aromatic rings. The van der Waals surface area contributed by atoms with Crippen molar-refractivity contribution < 1.29 is 9.84 Å². The first-order valence-electron chi connectivity index (χ1n) is 6.55. The molecule has 0 aromatic heterocycles. The fourth-order valence-electron chi connectivity index (χ4n) is 1.94. The smallest absolute Gasteiger partial charge is 0.161 e. The van der Waals surface area contributed by atoms with Crippen LogP contribution < -0.4 is 10.1 Å². The third kappa shape index (κ3) is 3.36. The number of phenolic OH excluding ortho intramolecular Hbond substituents is 1. The highest BCUT2D eigenvalue weighted by molar-refractivity contribution is 6.31. The summed E-state index contributed by atoms with van der Waals surface area (Å²) in [6, 6.07) is 11.1. The standard InChI is InChI=1S/C16H18ClNO2/c1-3-20-16-9-12(7-8-15(16)19)10-18-14-6-4-5-13(17)11(14)2/h4-9,18-19H,3,10H2,1-2H3. The fourth-order valence-corrected chi connectivity index (χ4v) is 2.11. The second-order valence-corrected chi connectivity index (χ2v) is 4.91. The van der Waals surface area contributed by atoms with Crippen LogP contribution in [0.4, 0.5) is 5.69 Å². The minimum Gasteiger partial charge on any atom is -0.504 e. The largest absolute Gasteiger partial charge is 0.504 e. The van der Waals surface area contributed by atoms with Crippen LogP contribution in [0.3, 0.4) is 0 Å². The van der Waals surface area contributed by atoms with Crippen LogP contribution in [0.2, 0.25) is 5.02 Å². The van der Waals surface area contributed by atoms with E-state index in [2.05, 4.69) is 5.32 Å². The molecule has 0 unspecified atom stereocenters. The third-order valence-corrected chi connectivity index (χ3v) is 3.48. The van der Waals surface area contributed by atoms with E-state index in [0.717, 1.165) is 21.8 Å². The van der Waals surface area contributed by atoms with Gasteiger partial charge in [-0.25, -0.2) is 0 Å². The zero-order valence-corrected chi connectivity index (χ0v) is 12.4. The molecule has 0 saturated carbocycles. The van der Waals surface area contributed by atoms with Gasteiger partial charge in [-0.05, 0) is 49.2 Å². The molecule has 2 rings (SSSR count). The first-order valence-corrected chi connectivity index (χ1v) is 6.93. The summed E-state index contributed by atoms with van der Waals surface area (Å²) in [4.78, 5) is 0. The van der Waals surface area contributed by atoms with Crippen molar-refractivity contribution in [2.75, 3.05) is 11.9 Å². The highest BCUT2D eigenvalue weighted by Gasteiger charge is 2.05. The van der Waals surface area contributed by atoms with Crippen molar-refractivity contribution in [2.45, 2.75) is 20.4 Å². The monoisotopic (exact) mass is 291 g/mol. The number of halogens is 1. The molecular weight excluding hydrogens is 274 g/mol. The van der Waals surface area contributed by atoms with E-state index in [4.69, 9.17) is 16.3 Å². The number of phenols is 1. The lowest BCUT2D eigenvalue weighted by Gasteiger charge is -2.12. The molecule has 0 fully saturated rings. The normalized spacial score (nSPS) is 10.3. The van der Waals surface area contributed by atoms with E-state index in [0.29, 0.717) is 18.9 Å². The number of hydrogen-bond acceptors (Lipinski definition) is 3. The van der Waals surface area contributed by atoms with E-state index in [9.17, 15) is 5.11 Å². The van der Waals surface area contributed by atoms with Crippen LogP contribution in [-0.4, -0.2) is 11.7 Å². The van der Waals surface area contributed by atoms with Gasteiger partial charge in [0.2, 0.25) is 0 Å². The minimum absolute atomic E-state index is 0.162. The summed E-state index contributed by atoms with van der Waals surface area (Å²) >= 11 is 6.09. The molecule has 0 spiro atoms. The zero-order valence-electron chi connectivity index (χ0n) is 11.6. The van der Waals surface area contributed by atoms with E-state index < -0.39 is 0 Å². The first kappa shape index (κ1) is 14.5. The van der Waals surface area contributed by atoms with Gasteiger partial charge in [0, 0.05) is 17.3 Å². The minimum atomic E-state index is 0.162.